The largest absolute Gasteiger partial charge is 0.493 e. The van der Waals surface area contributed by atoms with E-state index >= 15 is 0 Å². The highest BCUT2D eigenvalue weighted by Crippen LogP contribution is 2.34. The van der Waals surface area contributed by atoms with Gasteiger partial charge in [0.1, 0.15) is 5.75 Å². The Labute approximate surface area is 98.4 Å². The summed E-state index contributed by atoms with van der Waals surface area (Å²) >= 11 is 5.96. The van der Waals surface area contributed by atoms with Gasteiger partial charge in [0.15, 0.2) is 0 Å². The number of hydrogen-bond donors (Lipinski definition) is 2. The molecule has 16 heavy (non-hydrogen) atoms. The van der Waals surface area contributed by atoms with Gasteiger partial charge in [-0.05, 0) is 25.1 Å². The summed E-state index contributed by atoms with van der Waals surface area (Å²) < 4.78 is 5.51. The van der Waals surface area contributed by atoms with E-state index in [-0.39, 0.29) is 0 Å². The van der Waals surface area contributed by atoms with Crippen LogP contribution in [0.3, 0.4) is 0 Å². The van der Waals surface area contributed by atoms with Gasteiger partial charge in [-0.1, -0.05) is 11.6 Å². The molecule has 1 aromatic heterocycles. The minimum absolute atomic E-state index is 0.572. The van der Waals surface area contributed by atoms with Crippen LogP contribution >= 0.6 is 11.6 Å². The van der Waals surface area contributed by atoms with Gasteiger partial charge < -0.3 is 10.5 Å². The second-order valence-corrected chi connectivity index (χ2v) is 3.71. The maximum absolute atomic E-state index is 5.96. The van der Waals surface area contributed by atoms with Crippen molar-refractivity contribution in [3.63, 3.8) is 0 Å². The van der Waals surface area contributed by atoms with Crippen molar-refractivity contribution < 1.29 is 4.74 Å². The molecule has 2 aromatic rings. The summed E-state index contributed by atoms with van der Waals surface area (Å²) in [6.45, 7) is 2.51. The van der Waals surface area contributed by atoms with Crippen LogP contribution in [0.4, 0.5) is 5.69 Å². The molecule has 0 radical (unpaired) electrons. The molecule has 0 unspecified atom stereocenters. The molecule has 0 aliphatic heterocycles. The van der Waals surface area contributed by atoms with Crippen molar-refractivity contribution >= 4 is 17.3 Å². The Morgan fingerprint density at radius 3 is 2.94 bits per heavy atom. The number of benzene rings is 1. The molecule has 0 aliphatic carbocycles. The molecule has 0 fully saturated rings. The van der Waals surface area contributed by atoms with E-state index in [0.29, 0.717) is 17.3 Å². The quantitative estimate of drug-likeness (QED) is 0.863. The molecule has 0 saturated heterocycles. The molecule has 1 heterocycles. The molecule has 84 valence electrons. The summed E-state index contributed by atoms with van der Waals surface area (Å²) in [6.07, 6.45) is 1.56. The second-order valence-electron chi connectivity index (χ2n) is 3.27. The van der Waals surface area contributed by atoms with Crippen LogP contribution in [-0.4, -0.2) is 16.8 Å². The van der Waals surface area contributed by atoms with Crippen molar-refractivity contribution in [2.24, 2.45) is 0 Å². The number of ether oxygens (including phenoxy) is 1. The summed E-state index contributed by atoms with van der Waals surface area (Å²) in [5.74, 6) is 0.739. The molecule has 0 aliphatic rings. The molecule has 0 atom stereocenters. The van der Waals surface area contributed by atoms with Crippen LogP contribution in [0.15, 0.2) is 24.4 Å². The summed E-state index contributed by atoms with van der Waals surface area (Å²) in [4.78, 5) is 0. The molecule has 0 spiro atoms. The topological polar surface area (TPSA) is 63.9 Å². The van der Waals surface area contributed by atoms with Gasteiger partial charge in [-0.15, -0.1) is 0 Å². The first-order chi connectivity index (χ1) is 7.72. The fraction of sp³-hybridized carbons (Fsp3) is 0.182. The molecule has 0 bridgehead atoms. The van der Waals surface area contributed by atoms with Crippen molar-refractivity contribution in [3.05, 3.63) is 29.4 Å². The van der Waals surface area contributed by atoms with Gasteiger partial charge in [0.2, 0.25) is 0 Å². The number of aromatic nitrogens is 2. The molecule has 3 N–H and O–H groups in total. The van der Waals surface area contributed by atoms with Gasteiger partial charge in [-0.25, -0.2) is 0 Å². The van der Waals surface area contributed by atoms with E-state index in [4.69, 9.17) is 22.1 Å². The van der Waals surface area contributed by atoms with E-state index in [1.165, 1.54) is 0 Å². The maximum atomic E-state index is 5.96. The van der Waals surface area contributed by atoms with Gasteiger partial charge in [0, 0.05) is 10.6 Å². The highest BCUT2D eigenvalue weighted by molar-refractivity contribution is 6.31. The fourth-order valence-electron chi connectivity index (χ4n) is 1.49. The number of nitrogens with zero attached hydrogens (tertiary/aromatic N) is 1. The average molecular weight is 238 g/mol. The predicted octanol–water partition coefficient (Wildman–Crippen LogP) is 2.71. The lowest BCUT2D eigenvalue weighted by Crippen LogP contribution is -1.95. The number of H-pyrrole nitrogens is 1. The first-order valence-electron chi connectivity index (χ1n) is 4.94. The Balaban J connectivity index is 2.53. The van der Waals surface area contributed by atoms with E-state index in [1.54, 1.807) is 18.3 Å². The Hall–Kier alpha value is -1.68. The third-order valence-corrected chi connectivity index (χ3v) is 2.41. The van der Waals surface area contributed by atoms with Crippen LogP contribution < -0.4 is 10.5 Å². The summed E-state index contributed by atoms with van der Waals surface area (Å²) in [7, 11) is 0. The molecule has 1 aromatic carbocycles. The second kappa shape index (κ2) is 4.45. The van der Waals surface area contributed by atoms with Crippen LogP contribution in [-0.2, 0) is 0 Å². The smallest absolute Gasteiger partial charge is 0.128 e. The third kappa shape index (κ3) is 1.97. The molecular formula is C11H12ClN3O. The van der Waals surface area contributed by atoms with Gasteiger partial charge in [0.25, 0.3) is 0 Å². The van der Waals surface area contributed by atoms with Crippen molar-refractivity contribution in [3.8, 4) is 17.0 Å². The van der Waals surface area contributed by atoms with Crippen LogP contribution in [0.25, 0.3) is 11.3 Å². The lowest BCUT2D eigenvalue weighted by atomic mass is 10.1. The standard InChI is InChI=1S/C11H12ClN3O/c1-2-16-10-4-3-7(12)5-8(10)11-9(13)6-14-15-11/h3-6H,2,13H2,1H3,(H,14,15). The summed E-state index contributed by atoms with van der Waals surface area (Å²) in [5.41, 5.74) is 7.92. The highest BCUT2D eigenvalue weighted by atomic mass is 35.5. The van der Waals surface area contributed by atoms with E-state index in [2.05, 4.69) is 10.2 Å². The van der Waals surface area contributed by atoms with Gasteiger partial charge in [-0.2, -0.15) is 5.10 Å². The molecule has 5 heteroatoms. The Morgan fingerprint density at radius 1 is 1.50 bits per heavy atom. The highest BCUT2D eigenvalue weighted by Gasteiger charge is 2.11. The predicted molar refractivity (Wildman–Crippen MR) is 64.6 cm³/mol. The van der Waals surface area contributed by atoms with Crippen molar-refractivity contribution in [1.29, 1.82) is 0 Å². The van der Waals surface area contributed by atoms with Crippen LogP contribution in [0, 0.1) is 0 Å². The van der Waals surface area contributed by atoms with Gasteiger partial charge in [-0.3, -0.25) is 5.10 Å². The minimum atomic E-state index is 0.572. The molecular weight excluding hydrogens is 226 g/mol. The molecule has 0 amide bonds. The van der Waals surface area contributed by atoms with E-state index in [0.717, 1.165) is 17.0 Å². The van der Waals surface area contributed by atoms with Gasteiger partial charge in [0.05, 0.1) is 24.2 Å². The fourth-order valence-corrected chi connectivity index (χ4v) is 1.66. The lowest BCUT2D eigenvalue weighted by Gasteiger charge is -2.09. The number of halogens is 1. The SMILES string of the molecule is CCOc1ccc(Cl)cc1-c1[nH]ncc1N. The lowest BCUT2D eigenvalue weighted by molar-refractivity contribution is 0.341. The maximum Gasteiger partial charge on any atom is 0.128 e. The van der Waals surface area contributed by atoms with Crippen molar-refractivity contribution in [1.82, 2.24) is 10.2 Å². The summed E-state index contributed by atoms with van der Waals surface area (Å²) in [6, 6.07) is 5.40. The average Bonchev–Trinajstić information content (AvgIpc) is 2.67. The van der Waals surface area contributed by atoms with Gasteiger partial charge >= 0.3 is 0 Å². The minimum Gasteiger partial charge on any atom is -0.493 e. The van der Waals surface area contributed by atoms with E-state index in [9.17, 15) is 0 Å². The van der Waals surface area contributed by atoms with Crippen molar-refractivity contribution in [2.45, 2.75) is 6.92 Å². The first-order valence-corrected chi connectivity index (χ1v) is 5.31. The Bertz CT molecular complexity index is 496. The first kappa shape index (κ1) is 10.8. The number of nitrogen functional groups attached to an aromatic ring is 1. The van der Waals surface area contributed by atoms with E-state index in [1.807, 2.05) is 13.0 Å². The molecule has 4 nitrogen and oxygen atoms in total. The Morgan fingerprint density at radius 2 is 2.31 bits per heavy atom. The number of nitrogens with one attached hydrogen (secondary N) is 1. The zero-order valence-corrected chi connectivity index (χ0v) is 9.58. The zero-order valence-electron chi connectivity index (χ0n) is 8.83. The summed E-state index contributed by atoms with van der Waals surface area (Å²) in [5, 5.41) is 7.35. The number of hydrogen-bond acceptors (Lipinski definition) is 3. The monoisotopic (exact) mass is 237 g/mol. The Kier molecular flexibility index (Phi) is 3.01. The zero-order chi connectivity index (χ0) is 11.5. The van der Waals surface area contributed by atoms with Crippen LogP contribution in [0.5, 0.6) is 5.75 Å². The normalized spacial score (nSPS) is 10.4. The number of nitrogens with two attached hydrogens (primary N) is 1. The molecule has 2 rings (SSSR count). The number of aromatic amines is 1. The van der Waals surface area contributed by atoms with Crippen molar-refractivity contribution in [2.75, 3.05) is 12.3 Å². The van der Waals surface area contributed by atoms with Crippen LogP contribution in [0.1, 0.15) is 6.92 Å². The molecule has 0 saturated carbocycles. The number of anilines is 1. The van der Waals surface area contributed by atoms with E-state index < -0.39 is 0 Å². The third-order valence-electron chi connectivity index (χ3n) is 2.18. The van der Waals surface area contributed by atoms with Crippen LogP contribution in [0.2, 0.25) is 5.02 Å². The number of rotatable bonds is 3.